The third-order valence-corrected chi connectivity index (χ3v) is 5.92. The molecule has 2 aromatic carbocycles. The number of pyridine rings is 1. The summed E-state index contributed by atoms with van der Waals surface area (Å²) in [5, 5.41) is 4.70. The number of aromatic nitrogens is 1. The average Bonchev–Trinajstić information content (AvgIpc) is 2.72. The van der Waals surface area contributed by atoms with Crippen molar-refractivity contribution in [3.8, 4) is 11.5 Å². The van der Waals surface area contributed by atoms with Crippen LogP contribution >= 0.6 is 0 Å². The molecule has 7 nitrogen and oxygen atoms in total. The lowest BCUT2D eigenvalue weighted by Gasteiger charge is -2.38. The SMILES string of the molecule is CCn1c2cc(N3CC(C)NC(C)C3)c(N)cc2c(=O)c2c(OC)cc(OC)cc21. The Morgan fingerprint density at radius 2 is 1.77 bits per heavy atom. The molecular formula is C23H30N4O3. The summed E-state index contributed by atoms with van der Waals surface area (Å²) in [6, 6.07) is 8.25. The van der Waals surface area contributed by atoms with Crippen molar-refractivity contribution in [1.29, 1.82) is 0 Å². The fraction of sp³-hybridized carbons (Fsp3) is 0.435. The van der Waals surface area contributed by atoms with Crippen LogP contribution in [0.2, 0.25) is 0 Å². The van der Waals surface area contributed by atoms with E-state index in [1.165, 1.54) is 0 Å². The Labute approximate surface area is 176 Å². The monoisotopic (exact) mass is 410 g/mol. The first kappa shape index (κ1) is 20.3. The summed E-state index contributed by atoms with van der Waals surface area (Å²) >= 11 is 0. The standard InChI is InChI=1S/C23H30N4O3/c1-6-27-18-10-19(26-11-13(2)25-14(3)12-26)17(24)9-16(18)23(28)22-20(27)7-15(29-4)8-21(22)30-5/h7-10,13-14,25H,6,11-12,24H2,1-5H3. The number of nitrogens with zero attached hydrogens (tertiary/aromatic N) is 2. The summed E-state index contributed by atoms with van der Waals surface area (Å²) in [6.07, 6.45) is 0. The van der Waals surface area contributed by atoms with Gasteiger partial charge in [0.1, 0.15) is 11.5 Å². The van der Waals surface area contributed by atoms with Gasteiger partial charge in [-0.15, -0.1) is 0 Å². The zero-order valence-corrected chi connectivity index (χ0v) is 18.3. The van der Waals surface area contributed by atoms with E-state index in [-0.39, 0.29) is 5.43 Å². The largest absolute Gasteiger partial charge is 0.497 e. The first-order valence-corrected chi connectivity index (χ1v) is 10.4. The molecule has 1 aromatic heterocycles. The lowest BCUT2D eigenvalue weighted by atomic mass is 10.0. The second-order valence-electron chi connectivity index (χ2n) is 8.10. The van der Waals surface area contributed by atoms with E-state index in [9.17, 15) is 4.79 Å². The third kappa shape index (κ3) is 3.23. The summed E-state index contributed by atoms with van der Waals surface area (Å²) in [5.41, 5.74) is 9.64. The molecule has 4 rings (SSSR count). The maximum atomic E-state index is 13.5. The van der Waals surface area contributed by atoms with Crippen LogP contribution in [0.25, 0.3) is 21.8 Å². The third-order valence-electron chi connectivity index (χ3n) is 5.92. The van der Waals surface area contributed by atoms with Crippen LogP contribution in [0.1, 0.15) is 20.8 Å². The highest BCUT2D eigenvalue weighted by molar-refractivity contribution is 6.00. The molecule has 160 valence electrons. The lowest BCUT2D eigenvalue weighted by molar-refractivity contribution is 0.397. The molecule has 1 aliphatic rings. The van der Waals surface area contributed by atoms with Crippen molar-refractivity contribution in [2.45, 2.75) is 39.4 Å². The molecule has 0 aliphatic carbocycles. The lowest BCUT2D eigenvalue weighted by Crippen LogP contribution is -2.54. The molecule has 1 fully saturated rings. The summed E-state index contributed by atoms with van der Waals surface area (Å²) in [5.74, 6) is 1.16. The van der Waals surface area contributed by atoms with Gasteiger partial charge in [-0.3, -0.25) is 4.79 Å². The molecule has 30 heavy (non-hydrogen) atoms. The van der Waals surface area contributed by atoms with Gasteiger partial charge in [0, 0.05) is 49.2 Å². The molecule has 2 heterocycles. The zero-order chi connectivity index (χ0) is 21.6. The highest BCUT2D eigenvalue weighted by Gasteiger charge is 2.24. The van der Waals surface area contributed by atoms with Gasteiger partial charge in [0.15, 0.2) is 0 Å². The quantitative estimate of drug-likeness (QED) is 0.508. The van der Waals surface area contributed by atoms with E-state index in [1.54, 1.807) is 20.3 Å². The van der Waals surface area contributed by atoms with E-state index in [0.717, 1.165) is 29.8 Å². The second-order valence-corrected chi connectivity index (χ2v) is 8.10. The fourth-order valence-electron chi connectivity index (χ4n) is 4.70. The predicted octanol–water partition coefficient (Wildman–Crippen LogP) is 2.96. The molecule has 2 unspecified atom stereocenters. The molecule has 7 heteroatoms. The van der Waals surface area contributed by atoms with Gasteiger partial charge in [-0.25, -0.2) is 0 Å². The maximum Gasteiger partial charge on any atom is 0.201 e. The van der Waals surface area contributed by atoms with Gasteiger partial charge in [-0.2, -0.15) is 0 Å². The number of nitrogen functional groups attached to an aromatic ring is 1. The number of hydrogen-bond acceptors (Lipinski definition) is 6. The van der Waals surface area contributed by atoms with E-state index >= 15 is 0 Å². The van der Waals surface area contributed by atoms with Crippen molar-refractivity contribution in [2.24, 2.45) is 0 Å². The predicted molar refractivity (Wildman–Crippen MR) is 123 cm³/mol. The van der Waals surface area contributed by atoms with Gasteiger partial charge < -0.3 is 30.0 Å². The second kappa shape index (κ2) is 7.72. The van der Waals surface area contributed by atoms with Crippen LogP contribution in [-0.2, 0) is 6.54 Å². The highest BCUT2D eigenvalue weighted by Crippen LogP contribution is 2.35. The number of fused-ring (bicyclic) bond motifs is 2. The fourth-order valence-corrected chi connectivity index (χ4v) is 4.70. The Kier molecular flexibility index (Phi) is 5.24. The topological polar surface area (TPSA) is 81.8 Å². The van der Waals surface area contributed by atoms with Crippen molar-refractivity contribution in [3.05, 3.63) is 34.5 Å². The van der Waals surface area contributed by atoms with Gasteiger partial charge >= 0.3 is 0 Å². The number of nitrogens with one attached hydrogen (secondary N) is 1. The number of ether oxygens (including phenoxy) is 2. The Morgan fingerprint density at radius 3 is 2.37 bits per heavy atom. The minimum absolute atomic E-state index is 0.0792. The molecule has 1 aliphatic heterocycles. The summed E-state index contributed by atoms with van der Waals surface area (Å²) in [7, 11) is 3.18. The summed E-state index contributed by atoms with van der Waals surface area (Å²) in [4.78, 5) is 15.8. The van der Waals surface area contributed by atoms with Crippen molar-refractivity contribution < 1.29 is 9.47 Å². The van der Waals surface area contributed by atoms with E-state index in [2.05, 4.69) is 41.6 Å². The number of anilines is 2. The molecule has 1 saturated heterocycles. The summed E-state index contributed by atoms with van der Waals surface area (Å²) in [6.45, 7) is 8.85. The van der Waals surface area contributed by atoms with E-state index in [4.69, 9.17) is 15.2 Å². The molecular weight excluding hydrogens is 380 g/mol. The van der Waals surface area contributed by atoms with Crippen LogP contribution in [0, 0.1) is 0 Å². The molecule has 2 atom stereocenters. The number of nitrogens with two attached hydrogens (primary N) is 1. The van der Waals surface area contributed by atoms with Crippen LogP contribution in [0.4, 0.5) is 11.4 Å². The average molecular weight is 411 g/mol. The van der Waals surface area contributed by atoms with Crippen molar-refractivity contribution in [2.75, 3.05) is 37.9 Å². The van der Waals surface area contributed by atoms with Crippen molar-refractivity contribution in [1.82, 2.24) is 9.88 Å². The minimum Gasteiger partial charge on any atom is -0.497 e. The number of piperazine rings is 1. The van der Waals surface area contributed by atoms with E-state index in [0.29, 0.717) is 46.6 Å². The van der Waals surface area contributed by atoms with Crippen molar-refractivity contribution >= 4 is 33.2 Å². The summed E-state index contributed by atoms with van der Waals surface area (Å²) < 4.78 is 13.1. The van der Waals surface area contributed by atoms with Crippen LogP contribution in [-0.4, -0.2) is 44.0 Å². The van der Waals surface area contributed by atoms with Crippen molar-refractivity contribution in [3.63, 3.8) is 0 Å². The number of rotatable bonds is 4. The van der Waals surface area contributed by atoms with Gasteiger partial charge in [-0.05, 0) is 32.9 Å². The van der Waals surface area contributed by atoms with E-state index in [1.807, 2.05) is 12.1 Å². The normalized spacial score (nSPS) is 19.4. The Balaban J connectivity index is 2.04. The molecule has 0 radical (unpaired) electrons. The smallest absolute Gasteiger partial charge is 0.201 e. The Hall–Kier alpha value is -2.93. The Morgan fingerprint density at radius 1 is 1.07 bits per heavy atom. The van der Waals surface area contributed by atoms with Crippen LogP contribution in [0.5, 0.6) is 11.5 Å². The van der Waals surface area contributed by atoms with Gasteiger partial charge in [-0.1, -0.05) is 0 Å². The number of aryl methyl sites for hydroxylation is 1. The number of methoxy groups -OCH3 is 2. The molecule has 0 saturated carbocycles. The van der Waals surface area contributed by atoms with E-state index < -0.39 is 0 Å². The van der Waals surface area contributed by atoms with Gasteiger partial charge in [0.2, 0.25) is 5.43 Å². The number of hydrogen-bond donors (Lipinski definition) is 2. The molecule has 0 spiro atoms. The first-order chi connectivity index (χ1) is 14.4. The van der Waals surface area contributed by atoms with Crippen LogP contribution in [0.3, 0.4) is 0 Å². The molecule has 0 bridgehead atoms. The minimum atomic E-state index is -0.0792. The highest BCUT2D eigenvalue weighted by atomic mass is 16.5. The maximum absolute atomic E-state index is 13.5. The first-order valence-electron chi connectivity index (χ1n) is 10.4. The zero-order valence-electron chi connectivity index (χ0n) is 18.3. The molecule has 3 aromatic rings. The number of benzene rings is 2. The Bertz CT molecular complexity index is 1160. The van der Waals surface area contributed by atoms with Gasteiger partial charge in [0.25, 0.3) is 0 Å². The molecule has 3 N–H and O–H groups in total. The molecule has 0 amide bonds. The van der Waals surface area contributed by atoms with Crippen LogP contribution < -0.4 is 30.9 Å². The van der Waals surface area contributed by atoms with Crippen LogP contribution in [0.15, 0.2) is 29.1 Å². The van der Waals surface area contributed by atoms with Gasteiger partial charge in [0.05, 0.1) is 42.0 Å².